The van der Waals surface area contributed by atoms with Gasteiger partial charge in [-0.3, -0.25) is 18.4 Å². The number of aromatic nitrogens is 4. The Kier molecular flexibility index (Phi) is 3.97. The Bertz CT molecular complexity index is 3000. The van der Waals surface area contributed by atoms with Crippen molar-refractivity contribution < 1.29 is 0 Å². The fourth-order valence-corrected chi connectivity index (χ4v) is 7.58. The average molecular weight is 553 g/mol. The SMILES string of the molecule is C=Cc1nc2c3ccc4c5ccc6c(=O)n7c8ccccc8nc7c7ccc(c8ccc(c(=O)n2c1/C=C\C)c3c48)c5c67. The van der Waals surface area contributed by atoms with Crippen molar-refractivity contribution in [3.8, 4) is 0 Å². The molecule has 0 aliphatic rings. The van der Waals surface area contributed by atoms with Gasteiger partial charge in [0.1, 0.15) is 11.3 Å². The highest BCUT2D eigenvalue weighted by Gasteiger charge is 2.24. The highest BCUT2D eigenvalue weighted by molar-refractivity contribution is 6.40. The number of nitrogens with zero attached hydrogens (tertiary/aromatic N) is 4. The second-order valence-electron chi connectivity index (χ2n) is 11.3. The number of imidazole rings is 2. The van der Waals surface area contributed by atoms with Crippen LogP contribution in [0.2, 0.25) is 0 Å². The Morgan fingerprint density at radius 1 is 0.605 bits per heavy atom. The molecule has 43 heavy (non-hydrogen) atoms. The van der Waals surface area contributed by atoms with Gasteiger partial charge in [0, 0.05) is 32.3 Å². The first-order valence-corrected chi connectivity index (χ1v) is 14.3. The normalized spacial score (nSPS) is 13.0. The first-order valence-electron chi connectivity index (χ1n) is 14.3. The Morgan fingerprint density at radius 2 is 1.09 bits per heavy atom. The lowest BCUT2D eigenvalue weighted by Crippen LogP contribution is -2.15. The maximum absolute atomic E-state index is 14.1. The van der Waals surface area contributed by atoms with E-state index in [2.05, 4.69) is 43.0 Å². The predicted molar refractivity (Wildman–Crippen MR) is 177 cm³/mol. The van der Waals surface area contributed by atoms with Gasteiger partial charge in [-0.2, -0.15) is 0 Å². The summed E-state index contributed by atoms with van der Waals surface area (Å²) in [6.45, 7) is 5.87. The number of hydrogen-bond donors (Lipinski definition) is 0. The van der Waals surface area contributed by atoms with Crippen molar-refractivity contribution in [1.29, 1.82) is 0 Å². The van der Waals surface area contributed by atoms with E-state index in [-0.39, 0.29) is 11.1 Å². The van der Waals surface area contributed by atoms with Crippen LogP contribution in [0.5, 0.6) is 0 Å². The summed E-state index contributed by atoms with van der Waals surface area (Å²) in [7, 11) is 0. The number of allylic oxidation sites excluding steroid dienone is 1. The average Bonchev–Trinajstić information content (AvgIpc) is 3.61. The zero-order chi connectivity index (χ0) is 28.7. The predicted octanol–water partition coefficient (Wildman–Crippen LogP) is 7.76. The molecule has 0 aliphatic carbocycles. The number of para-hydroxylation sites is 2. The van der Waals surface area contributed by atoms with Gasteiger partial charge in [0.05, 0.1) is 22.4 Å². The molecule has 10 aromatic rings. The Balaban J connectivity index is 1.45. The van der Waals surface area contributed by atoms with E-state index in [9.17, 15) is 9.59 Å². The van der Waals surface area contributed by atoms with E-state index >= 15 is 0 Å². The maximum Gasteiger partial charge on any atom is 0.264 e. The second kappa shape index (κ2) is 7.49. The molecule has 4 aromatic heterocycles. The van der Waals surface area contributed by atoms with E-state index < -0.39 is 0 Å². The van der Waals surface area contributed by atoms with Crippen LogP contribution in [0.1, 0.15) is 18.3 Å². The Morgan fingerprint density at radius 3 is 1.67 bits per heavy atom. The van der Waals surface area contributed by atoms with Crippen LogP contribution < -0.4 is 11.1 Å². The van der Waals surface area contributed by atoms with Crippen molar-refractivity contribution in [3.63, 3.8) is 0 Å². The molecular formula is C37H20N4O2. The maximum atomic E-state index is 14.1. The summed E-state index contributed by atoms with van der Waals surface area (Å²) in [5.41, 5.74) is 4.16. The van der Waals surface area contributed by atoms with Gasteiger partial charge in [-0.25, -0.2) is 9.97 Å². The molecule has 200 valence electrons. The van der Waals surface area contributed by atoms with Gasteiger partial charge < -0.3 is 0 Å². The number of benzene rings is 6. The first-order chi connectivity index (χ1) is 21.1. The van der Waals surface area contributed by atoms with Crippen molar-refractivity contribution >= 4 is 99.1 Å². The zero-order valence-electron chi connectivity index (χ0n) is 23.0. The smallest absolute Gasteiger partial charge is 0.264 e. The summed E-state index contributed by atoms with van der Waals surface area (Å²) in [6.07, 6.45) is 5.52. The molecule has 0 N–H and O–H groups in total. The monoisotopic (exact) mass is 552 g/mol. The van der Waals surface area contributed by atoms with E-state index in [1.807, 2.05) is 55.5 Å². The van der Waals surface area contributed by atoms with Crippen molar-refractivity contribution in [2.75, 3.05) is 0 Å². The van der Waals surface area contributed by atoms with Crippen LogP contribution in [0.15, 0.2) is 95.0 Å². The summed E-state index contributed by atoms with van der Waals surface area (Å²) in [5.74, 6) is 0. The lowest BCUT2D eigenvalue weighted by atomic mass is 9.86. The molecule has 0 radical (unpaired) electrons. The van der Waals surface area contributed by atoms with Crippen LogP contribution in [-0.4, -0.2) is 18.8 Å². The summed E-state index contributed by atoms with van der Waals surface area (Å²) in [4.78, 5) is 37.8. The minimum Gasteiger partial charge on any atom is -0.268 e. The Hall–Kier alpha value is -5.88. The summed E-state index contributed by atoms with van der Waals surface area (Å²) in [5, 5.41) is 11.3. The largest absolute Gasteiger partial charge is 0.268 e. The quantitative estimate of drug-likeness (QED) is 0.162. The molecular weight excluding hydrogens is 532 g/mol. The lowest BCUT2D eigenvalue weighted by Gasteiger charge is -2.18. The third-order valence-electron chi connectivity index (χ3n) is 9.27. The van der Waals surface area contributed by atoms with Crippen molar-refractivity contribution in [1.82, 2.24) is 18.8 Å². The third-order valence-corrected chi connectivity index (χ3v) is 9.27. The van der Waals surface area contributed by atoms with Crippen LogP contribution in [-0.2, 0) is 0 Å². The topological polar surface area (TPSA) is 68.7 Å². The van der Waals surface area contributed by atoms with E-state index in [0.717, 1.165) is 70.6 Å². The molecule has 0 spiro atoms. The molecule has 10 rings (SSSR count). The van der Waals surface area contributed by atoms with Crippen LogP contribution in [0.3, 0.4) is 0 Å². The number of hydrogen-bond acceptors (Lipinski definition) is 4. The molecule has 0 saturated carbocycles. The number of rotatable bonds is 2. The fourth-order valence-electron chi connectivity index (χ4n) is 7.58. The van der Waals surface area contributed by atoms with Crippen LogP contribution in [0.25, 0.3) is 99.1 Å². The van der Waals surface area contributed by atoms with Crippen LogP contribution >= 0.6 is 0 Å². The van der Waals surface area contributed by atoms with Gasteiger partial charge in [0.2, 0.25) is 0 Å². The lowest BCUT2D eigenvalue weighted by molar-refractivity contribution is 1.13. The molecule has 4 heterocycles. The third kappa shape index (κ3) is 2.48. The van der Waals surface area contributed by atoms with E-state index in [4.69, 9.17) is 9.97 Å². The van der Waals surface area contributed by atoms with Gasteiger partial charge in [-0.1, -0.05) is 49.1 Å². The highest BCUT2D eigenvalue weighted by atomic mass is 16.1. The second-order valence-corrected chi connectivity index (χ2v) is 11.3. The van der Waals surface area contributed by atoms with Gasteiger partial charge >= 0.3 is 0 Å². The number of fused-ring (bicyclic) bond motifs is 8. The van der Waals surface area contributed by atoms with Crippen molar-refractivity contribution in [2.45, 2.75) is 6.92 Å². The minimum absolute atomic E-state index is 0.0664. The molecule has 0 unspecified atom stereocenters. The molecule has 0 fully saturated rings. The minimum atomic E-state index is -0.0968. The van der Waals surface area contributed by atoms with E-state index in [0.29, 0.717) is 27.8 Å². The molecule has 0 amide bonds. The van der Waals surface area contributed by atoms with Crippen molar-refractivity contribution in [3.05, 3.63) is 118 Å². The molecule has 6 nitrogen and oxygen atoms in total. The first kappa shape index (κ1) is 22.8. The van der Waals surface area contributed by atoms with Crippen molar-refractivity contribution in [2.24, 2.45) is 0 Å². The molecule has 0 saturated heterocycles. The van der Waals surface area contributed by atoms with Gasteiger partial charge in [-0.05, 0) is 87.8 Å². The Labute approximate surface area is 242 Å². The summed E-state index contributed by atoms with van der Waals surface area (Å²) >= 11 is 0. The summed E-state index contributed by atoms with van der Waals surface area (Å²) in [6, 6.07) is 24.2. The number of pyridine rings is 2. The van der Waals surface area contributed by atoms with E-state index in [1.165, 1.54) is 0 Å². The van der Waals surface area contributed by atoms with E-state index in [1.54, 1.807) is 14.9 Å². The molecule has 0 atom stereocenters. The highest BCUT2D eigenvalue weighted by Crippen LogP contribution is 2.45. The van der Waals surface area contributed by atoms with Crippen LogP contribution in [0, 0.1) is 0 Å². The fraction of sp³-hybridized carbons (Fsp3) is 0.0270. The molecule has 6 aromatic carbocycles. The van der Waals surface area contributed by atoms with Gasteiger partial charge in [-0.15, -0.1) is 0 Å². The van der Waals surface area contributed by atoms with Gasteiger partial charge in [0.25, 0.3) is 11.1 Å². The standard InChI is InChI=1S/C37H20N4O2/c1-3-7-28-26(4-2)38-34-22-14-10-18-21-13-17-25-33-23(35-39-27-8-5-6-9-29(27)41(35)37(25)43)15-11-19(31(21)33)20-12-16-24(32(22)30(18)20)36(42)40(28)34/h3-17H,2H2,1H3/b7-3-. The summed E-state index contributed by atoms with van der Waals surface area (Å²) < 4.78 is 3.44. The zero-order valence-corrected chi connectivity index (χ0v) is 23.0. The molecule has 6 heteroatoms. The molecule has 0 bridgehead atoms. The molecule has 0 aliphatic heterocycles. The van der Waals surface area contributed by atoms with Gasteiger partial charge in [0.15, 0.2) is 0 Å². The van der Waals surface area contributed by atoms with Crippen LogP contribution in [0.4, 0.5) is 0 Å².